The van der Waals surface area contributed by atoms with Gasteiger partial charge in [0, 0.05) is 6.54 Å². The van der Waals surface area contributed by atoms with Crippen molar-refractivity contribution in [2.45, 2.75) is 86.7 Å². The third-order valence-corrected chi connectivity index (χ3v) is 11.7. The van der Waals surface area contributed by atoms with Crippen molar-refractivity contribution >= 4 is 37.9 Å². The van der Waals surface area contributed by atoms with Gasteiger partial charge >= 0.3 is 11.9 Å². The summed E-state index contributed by atoms with van der Waals surface area (Å²) in [5, 5.41) is 2.94. The topological polar surface area (TPSA) is 173 Å². The highest BCUT2D eigenvalue weighted by molar-refractivity contribution is 7.90. The molecule has 0 unspecified atom stereocenters. The first-order chi connectivity index (χ1) is 20.9. The number of nitrogens with two attached hydrogens (primary N) is 1. The first kappa shape index (κ1) is 33.7. The van der Waals surface area contributed by atoms with Crippen LogP contribution in [0, 0.1) is 13.8 Å². The van der Waals surface area contributed by atoms with Crippen LogP contribution in [0.15, 0.2) is 58.3 Å². The van der Waals surface area contributed by atoms with Gasteiger partial charge in [-0.25, -0.2) is 30.7 Å². The average Bonchev–Trinajstić information content (AvgIpc) is 3.70. The maximum atomic E-state index is 14.4. The van der Waals surface area contributed by atoms with E-state index in [-0.39, 0.29) is 42.1 Å². The summed E-state index contributed by atoms with van der Waals surface area (Å²) in [5.74, 6) is -3.14. The minimum atomic E-state index is -4.73. The summed E-state index contributed by atoms with van der Waals surface area (Å²) in [4.78, 5) is 40.5. The van der Waals surface area contributed by atoms with Gasteiger partial charge in [0.25, 0.3) is 15.9 Å². The molecule has 3 atom stereocenters. The monoisotopic (exact) mass is 648 g/mol. The first-order valence-electron chi connectivity index (χ1n) is 14.8. The molecule has 240 valence electrons. The van der Waals surface area contributed by atoms with Crippen LogP contribution < -0.4 is 11.1 Å². The van der Waals surface area contributed by atoms with Gasteiger partial charge in [-0.3, -0.25) is 4.79 Å². The number of amides is 1. The van der Waals surface area contributed by atoms with Crippen LogP contribution in [0.5, 0.6) is 0 Å². The number of rotatable bonds is 12. The SMILES string of the molecule is Cc1ccc(S(=O)(=O)N2CCC[C@H]2C(=O)N([C@@H](CCCCN)C(=O)OC(=O)[C@@H]2CCCN2)S(=O)(=O)c2ccc(C)cc2)cc1. The summed E-state index contributed by atoms with van der Waals surface area (Å²) in [7, 11) is -8.93. The normalized spacial score (nSPS) is 19.9. The maximum Gasteiger partial charge on any atom is 0.337 e. The summed E-state index contributed by atoms with van der Waals surface area (Å²) >= 11 is 0. The molecule has 3 N–H and O–H groups in total. The molecule has 0 aromatic heterocycles. The van der Waals surface area contributed by atoms with Gasteiger partial charge in [0.1, 0.15) is 18.1 Å². The highest BCUT2D eigenvalue weighted by Crippen LogP contribution is 2.31. The zero-order valence-electron chi connectivity index (χ0n) is 25.0. The molecule has 0 aliphatic carbocycles. The zero-order chi connectivity index (χ0) is 32.1. The number of carbonyl (C=O) groups is 3. The van der Waals surface area contributed by atoms with E-state index in [1.54, 1.807) is 31.2 Å². The first-order valence-corrected chi connectivity index (χ1v) is 17.7. The Labute approximate surface area is 259 Å². The fraction of sp³-hybridized carbons (Fsp3) is 0.500. The van der Waals surface area contributed by atoms with E-state index in [4.69, 9.17) is 10.5 Å². The molecule has 2 aromatic rings. The number of ether oxygens (including phenoxy) is 1. The summed E-state index contributed by atoms with van der Waals surface area (Å²) in [6.45, 7) is 4.37. The molecule has 12 nitrogen and oxygen atoms in total. The van der Waals surface area contributed by atoms with Crippen molar-refractivity contribution < 1.29 is 36.0 Å². The van der Waals surface area contributed by atoms with Crippen LogP contribution in [0.25, 0.3) is 0 Å². The predicted octanol–water partition coefficient (Wildman–Crippen LogP) is 1.99. The molecule has 0 spiro atoms. The second kappa shape index (κ2) is 14.3. The summed E-state index contributed by atoms with van der Waals surface area (Å²) in [6, 6.07) is 8.00. The second-order valence-electron chi connectivity index (χ2n) is 11.2. The average molecular weight is 649 g/mol. The molecule has 1 amide bonds. The lowest BCUT2D eigenvalue weighted by Gasteiger charge is -2.33. The smallest absolute Gasteiger partial charge is 0.337 e. The molecule has 0 bridgehead atoms. The molecule has 2 aromatic carbocycles. The molecule has 2 aliphatic heterocycles. The molecule has 0 saturated carbocycles. The van der Waals surface area contributed by atoms with Crippen LogP contribution in [-0.4, -0.2) is 81.1 Å². The van der Waals surface area contributed by atoms with Crippen molar-refractivity contribution in [1.82, 2.24) is 13.9 Å². The highest BCUT2D eigenvalue weighted by Gasteiger charge is 2.48. The maximum absolute atomic E-state index is 14.4. The van der Waals surface area contributed by atoms with Gasteiger partial charge in [0.2, 0.25) is 10.0 Å². The summed E-state index contributed by atoms with van der Waals surface area (Å²) in [5.41, 5.74) is 7.27. The second-order valence-corrected chi connectivity index (χ2v) is 14.9. The number of aryl methyl sites for hydroxylation is 2. The molecule has 4 rings (SSSR count). The van der Waals surface area contributed by atoms with E-state index >= 15 is 0 Å². The predicted molar refractivity (Wildman–Crippen MR) is 162 cm³/mol. The van der Waals surface area contributed by atoms with Gasteiger partial charge in [0.05, 0.1) is 9.79 Å². The Morgan fingerprint density at radius 3 is 2.11 bits per heavy atom. The Morgan fingerprint density at radius 2 is 1.55 bits per heavy atom. The number of hydrogen-bond donors (Lipinski definition) is 2. The van der Waals surface area contributed by atoms with E-state index in [1.807, 2.05) is 6.92 Å². The number of unbranched alkanes of at least 4 members (excludes halogenated alkanes) is 1. The lowest BCUT2D eigenvalue weighted by Crippen LogP contribution is -2.56. The van der Waals surface area contributed by atoms with E-state index in [1.165, 1.54) is 24.3 Å². The van der Waals surface area contributed by atoms with Gasteiger partial charge in [-0.15, -0.1) is 0 Å². The third-order valence-electron chi connectivity index (χ3n) is 7.94. The Morgan fingerprint density at radius 1 is 0.932 bits per heavy atom. The number of nitrogens with zero attached hydrogens (tertiary/aromatic N) is 2. The van der Waals surface area contributed by atoms with Gasteiger partial charge < -0.3 is 15.8 Å². The van der Waals surface area contributed by atoms with Crippen molar-refractivity contribution in [2.75, 3.05) is 19.6 Å². The molecular weight excluding hydrogens is 608 g/mol. The van der Waals surface area contributed by atoms with Crippen LogP contribution in [0.1, 0.15) is 56.1 Å². The van der Waals surface area contributed by atoms with Crippen molar-refractivity contribution in [3.05, 3.63) is 59.7 Å². The van der Waals surface area contributed by atoms with E-state index in [0.717, 1.165) is 15.4 Å². The lowest BCUT2D eigenvalue weighted by molar-refractivity contribution is -0.165. The van der Waals surface area contributed by atoms with Gasteiger partial charge in [0.15, 0.2) is 0 Å². The van der Waals surface area contributed by atoms with E-state index in [9.17, 15) is 31.2 Å². The number of carbonyl (C=O) groups excluding carboxylic acids is 3. The fourth-order valence-electron chi connectivity index (χ4n) is 5.47. The Kier molecular flexibility index (Phi) is 10.9. The Hall–Kier alpha value is -3.17. The molecule has 2 saturated heterocycles. The van der Waals surface area contributed by atoms with Gasteiger partial charge in [-0.05, 0) is 96.1 Å². The number of esters is 2. The highest BCUT2D eigenvalue weighted by atomic mass is 32.2. The molecule has 2 fully saturated rings. The van der Waals surface area contributed by atoms with E-state index in [0.29, 0.717) is 36.5 Å². The minimum Gasteiger partial charge on any atom is -0.390 e. The number of hydrogen-bond acceptors (Lipinski definition) is 10. The number of sulfonamides is 2. The Bertz CT molecular complexity index is 1550. The molecule has 2 heterocycles. The minimum absolute atomic E-state index is 0.0147. The van der Waals surface area contributed by atoms with Crippen LogP contribution in [0.4, 0.5) is 0 Å². The zero-order valence-corrected chi connectivity index (χ0v) is 26.6. The largest absolute Gasteiger partial charge is 0.390 e. The standard InChI is InChI=1S/C30H40N4O8S2/c1-21-10-14-23(15-11-21)43(38,39)33-20-6-9-26(33)28(35)34(44(40,41)24-16-12-22(2)13-17-24)27(8-3-4-18-31)30(37)42-29(36)25-7-5-19-32-25/h10-17,25-27,32H,3-9,18-20,31H2,1-2H3/t25-,26-,27-/m0/s1. The molecule has 14 heteroatoms. The summed E-state index contributed by atoms with van der Waals surface area (Å²) in [6.07, 6.45) is 1.97. The van der Waals surface area contributed by atoms with Gasteiger partial charge in [-0.2, -0.15) is 4.31 Å². The number of nitrogens with one attached hydrogen (secondary N) is 1. The van der Waals surface area contributed by atoms with E-state index < -0.39 is 56.0 Å². The van der Waals surface area contributed by atoms with Crippen LogP contribution in [0.2, 0.25) is 0 Å². The fourth-order valence-corrected chi connectivity index (χ4v) is 8.71. The van der Waals surface area contributed by atoms with Crippen LogP contribution >= 0.6 is 0 Å². The molecule has 44 heavy (non-hydrogen) atoms. The third kappa shape index (κ3) is 7.37. The molecular formula is C30H40N4O8S2. The summed E-state index contributed by atoms with van der Waals surface area (Å²) < 4.78 is 62.5. The number of benzene rings is 2. The Balaban J connectivity index is 1.77. The van der Waals surface area contributed by atoms with Crippen molar-refractivity contribution in [3.8, 4) is 0 Å². The molecule has 0 radical (unpaired) electrons. The molecule has 2 aliphatic rings. The van der Waals surface area contributed by atoms with Crippen molar-refractivity contribution in [1.29, 1.82) is 0 Å². The van der Waals surface area contributed by atoms with Crippen LogP contribution in [0.3, 0.4) is 0 Å². The van der Waals surface area contributed by atoms with Crippen LogP contribution in [-0.2, 0) is 39.2 Å². The lowest BCUT2D eigenvalue weighted by atomic mass is 10.1. The van der Waals surface area contributed by atoms with Gasteiger partial charge in [-0.1, -0.05) is 35.4 Å². The van der Waals surface area contributed by atoms with E-state index in [2.05, 4.69) is 5.32 Å². The quantitative estimate of drug-likeness (QED) is 0.197. The van der Waals surface area contributed by atoms with Crippen molar-refractivity contribution in [2.24, 2.45) is 5.73 Å². The van der Waals surface area contributed by atoms with Crippen molar-refractivity contribution in [3.63, 3.8) is 0 Å².